The first-order chi connectivity index (χ1) is 8.93. The van der Waals surface area contributed by atoms with Crippen LogP contribution in [0.5, 0.6) is 5.88 Å². The molecule has 0 aliphatic heterocycles. The quantitative estimate of drug-likeness (QED) is 0.471. The van der Waals surface area contributed by atoms with E-state index in [1.54, 1.807) is 0 Å². The van der Waals surface area contributed by atoms with E-state index in [2.05, 4.69) is 11.3 Å². The standard InChI is InChI=1S/C15H27NOS/c1-2-3-4-5-6-7-8-9-10-11-13-17-15-12-14-18-16-15/h12,14H,2-11,13H2,1H3. The van der Waals surface area contributed by atoms with Crippen molar-refractivity contribution in [3.05, 3.63) is 11.4 Å². The van der Waals surface area contributed by atoms with Crippen LogP contribution in [-0.4, -0.2) is 11.0 Å². The second-order valence-corrected chi connectivity index (χ2v) is 5.53. The zero-order valence-corrected chi connectivity index (χ0v) is 12.5. The summed E-state index contributed by atoms with van der Waals surface area (Å²) in [5.41, 5.74) is 0. The predicted molar refractivity (Wildman–Crippen MR) is 79.5 cm³/mol. The van der Waals surface area contributed by atoms with Crippen LogP contribution in [0.4, 0.5) is 0 Å². The van der Waals surface area contributed by atoms with Crippen molar-refractivity contribution in [1.82, 2.24) is 4.37 Å². The molecule has 1 aromatic rings. The Kier molecular flexibility index (Phi) is 9.91. The van der Waals surface area contributed by atoms with Crippen molar-refractivity contribution >= 4 is 11.5 Å². The van der Waals surface area contributed by atoms with E-state index in [-0.39, 0.29) is 0 Å². The van der Waals surface area contributed by atoms with Gasteiger partial charge in [-0.15, -0.1) is 0 Å². The Hall–Kier alpha value is -0.570. The predicted octanol–water partition coefficient (Wildman–Crippen LogP) is 5.44. The fraction of sp³-hybridized carbons (Fsp3) is 0.800. The van der Waals surface area contributed by atoms with E-state index in [9.17, 15) is 0 Å². The highest BCUT2D eigenvalue weighted by Crippen LogP contribution is 2.12. The van der Waals surface area contributed by atoms with Gasteiger partial charge >= 0.3 is 0 Å². The maximum Gasteiger partial charge on any atom is 0.225 e. The van der Waals surface area contributed by atoms with Gasteiger partial charge in [0, 0.05) is 11.4 Å². The van der Waals surface area contributed by atoms with Gasteiger partial charge in [0.05, 0.1) is 6.61 Å². The van der Waals surface area contributed by atoms with Gasteiger partial charge in [0.2, 0.25) is 5.88 Å². The lowest BCUT2D eigenvalue weighted by Crippen LogP contribution is -1.97. The second kappa shape index (κ2) is 11.5. The van der Waals surface area contributed by atoms with Gasteiger partial charge in [-0.2, -0.15) is 4.37 Å². The molecule has 0 saturated heterocycles. The van der Waals surface area contributed by atoms with Gasteiger partial charge in [-0.1, -0.05) is 64.7 Å². The molecule has 0 fully saturated rings. The smallest absolute Gasteiger partial charge is 0.225 e. The Labute approximate surface area is 116 Å². The molecule has 1 aromatic heterocycles. The molecular weight excluding hydrogens is 242 g/mol. The van der Waals surface area contributed by atoms with E-state index in [0.29, 0.717) is 0 Å². The third-order valence-electron chi connectivity index (χ3n) is 3.16. The number of hydrogen-bond acceptors (Lipinski definition) is 3. The summed E-state index contributed by atoms with van der Waals surface area (Å²) in [7, 11) is 0. The van der Waals surface area contributed by atoms with Gasteiger partial charge in [-0.25, -0.2) is 0 Å². The zero-order valence-electron chi connectivity index (χ0n) is 11.7. The van der Waals surface area contributed by atoms with E-state index in [4.69, 9.17) is 4.74 Å². The number of rotatable bonds is 12. The molecule has 2 nitrogen and oxygen atoms in total. The van der Waals surface area contributed by atoms with E-state index in [1.807, 2.05) is 11.4 Å². The van der Waals surface area contributed by atoms with Crippen molar-refractivity contribution in [2.75, 3.05) is 6.61 Å². The molecule has 0 aliphatic carbocycles. The molecule has 1 heterocycles. The normalized spacial score (nSPS) is 10.7. The molecule has 0 spiro atoms. The van der Waals surface area contributed by atoms with E-state index in [0.717, 1.165) is 18.9 Å². The summed E-state index contributed by atoms with van der Waals surface area (Å²) in [5, 5.41) is 1.95. The molecule has 3 heteroatoms. The number of nitrogens with zero attached hydrogens (tertiary/aromatic N) is 1. The SMILES string of the molecule is CCCCCCCCCCCCOc1ccsn1. The summed E-state index contributed by atoms with van der Waals surface area (Å²) in [6, 6.07) is 1.93. The van der Waals surface area contributed by atoms with Crippen LogP contribution < -0.4 is 4.74 Å². The molecular formula is C15H27NOS. The highest BCUT2D eigenvalue weighted by Gasteiger charge is 1.95. The molecule has 0 bridgehead atoms. The van der Waals surface area contributed by atoms with Crippen LogP contribution in [0.15, 0.2) is 11.4 Å². The first kappa shape index (κ1) is 15.5. The highest BCUT2D eigenvalue weighted by molar-refractivity contribution is 7.03. The molecule has 0 saturated carbocycles. The number of ether oxygens (including phenoxy) is 1. The highest BCUT2D eigenvalue weighted by atomic mass is 32.1. The summed E-state index contributed by atoms with van der Waals surface area (Å²) in [4.78, 5) is 0. The number of hydrogen-bond donors (Lipinski definition) is 0. The maximum absolute atomic E-state index is 5.52. The van der Waals surface area contributed by atoms with Gasteiger partial charge < -0.3 is 4.74 Å². The largest absolute Gasteiger partial charge is 0.477 e. The lowest BCUT2D eigenvalue weighted by Gasteiger charge is -2.03. The summed E-state index contributed by atoms with van der Waals surface area (Å²) in [6.07, 6.45) is 13.7. The molecule has 0 atom stereocenters. The maximum atomic E-state index is 5.52. The van der Waals surface area contributed by atoms with Crippen LogP contribution >= 0.6 is 11.5 Å². The Morgan fingerprint density at radius 2 is 1.56 bits per heavy atom. The van der Waals surface area contributed by atoms with Crippen molar-refractivity contribution < 1.29 is 4.74 Å². The first-order valence-corrected chi connectivity index (χ1v) is 8.30. The molecule has 0 aliphatic rings. The molecule has 0 unspecified atom stereocenters. The Bertz CT molecular complexity index is 261. The third-order valence-corrected chi connectivity index (χ3v) is 3.71. The molecule has 0 N–H and O–H groups in total. The van der Waals surface area contributed by atoms with Gasteiger partial charge in [0.25, 0.3) is 0 Å². The average molecular weight is 269 g/mol. The topological polar surface area (TPSA) is 22.1 Å². The molecule has 0 amide bonds. The fourth-order valence-electron chi connectivity index (χ4n) is 2.04. The fourth-order valence-corrected chi connectivity index (χ4v) is 2.50. The minimum Gasteiger partial charge on any atom is -0.477 e. The van der Waals surface area contributed by atoms with Crippen LogP contribution in [0.25, 0.3) is 0 Å². The van der Waals surface area contributed by atoms with Gasteiger partial charge in [0.1, 0.15) is 0 Å². The Balaban J connectivity index is 1.73. The van der Waals surface area contributed by atoms with Crippen molar-refractivity contribution in [2.45, 2.75) is 71.1 Å². The van der Waals surface area contributed by atoms with Crippen LogP contribution in [0, 0.1) is 0 Å². The zero-order chi connectivity index (χ0) is 12.9. The molecule has 18 heavy (non-hydrogen) atoms. The van der Waals surface area contributed by atoms with E-state index in [1.165, 1.54) is 69.3 Å². The summed E-state index contributed by atoms with van der Waals surface area (Å²) in [6.45, 7) is 3.09. The number of unbranched alkanes of at least 4 members (excludes halogenated alkanes) is 9. The molecule has 0 radical (unpaired) electrons. The monoisotopic (exact) mass is 269 g/mol. The van der Waals surface area contributed by atoms with Crippen molar-refractivity contribution in [2.24, 2.45) is 0 Å². The molecule has 0 aromatic carbocycles. The van der Waals surface area contributed by atoms with Crippen LogP contribution in [0.1, 0.15) is 71.1 Å². The van der Waals surface area contributed by atoms with Crippen LogP contribution in [0.3, 0.4) is 0 Å². The molecule has 104 valence electrons. The average Bonchev–Trinajstić information content (AvgIpc) is 2.89. The van der Waals surface area contributed by atoms with E-state index < -0.39 is 0 Å². The van der Waals surface area contributed by atoms with Crippen LogP contribution in [0.2, 0.25) is 0 Å². The summed E-state index contributed by atoms with van der Waals surface area (Å²) >= 11 is 1.45. The minimum atomic E-state index is 0.788. The third kappa shape index (κ3) is 8.51. The van der Waals surface area contributed by atoms with Crippen molar-refractivity contribution in [3.63, 3.8) is 0 Å². The lowest BCUT2D eigenvalue weighted by molar-refractivity contribution is 0.296. The second-order valence-electron chi connectivity index (χ2n) is 4.87. The van der Waals surface area contributed by atoms with E-state index >= 15 is 0 Å². The summed E-state index contributed by atoms with van der Waals surface area (Å²) in [5.74, 6) is 0.788. The lowest BCUT2D eigenvalue weighted by atomic mass is 10.1. The molecule has 1 rings (SSSR count). The van der Waals surface area contributed by atoms with Crippen LogP contribution in [-0.2, 0) is 0 Å². The van der Waals surface area contributed by atoms with Gasteiger partial charge in [0.15, 0.2) is 0 Å². The summed E-state index contributed by atoms with van der Waals surface area (Å²) < 4.78 is 9.64. The van der Waals surface area contributed by atoms with Gasteiger partial charge in [-0.3, -0.25) is 0 Å². The minimum absolute atomic E-state index is 0.788. The van der Waals surface area contributed by atoms with Gasteiger partial charge in [-0.05, 0) is 18.0 Å². The Morgan fingerprint density at radius 1 is 0.944 bits per heavy atom. The van der Waals surface area contributed by atoms with Crippen molar-refractivity contribution in [1.29, 1.82) is 0 Å². The first-order valence-electron chi connectivity index (χ1n) is 7.46. The number of aromatic nitrogens is 1. The van der Waals surface area contributed by atoms with Crippen molar-refractivity contribution in [3.8, 4) is 5.88 Å². The Morgan fingerprint density at radius 3 is 2.11 bits per heavy atom.